The minimum absolute atomic E-state index is 0.0797. The van der Waals surface area contributed by atoms with Gasteiger partial charge in [-0.25, -0.2) is 8.42 Å². The van der Waals surface area contributed by atoms with Gasteiger partial charge in [-0.3, -0.25) is 14.4 Å². The third kappa shape index (κ3) is 5.61. The fourth-order valence-corrected chi connectivity index (χ4v) is 5.24. The van der Waals surface area contributed by atoms with Crippen LogP contribution in [-0.4, -0.2) is 50.3 Å². The molecule has 3 aromatic rings. The van der Waals surface area contributed by atoms with Crippen LogP contribution in [0.5, 0.6) is 0 Å². The predicted molar refractivity (Wildman–Crippen MR) is 131 cm³/mol. The predicted octanol–water partition coefficient (Wildman–Crippen LogP) is 4.06. The Morgan fingerprint density at radius 3 is 2.30 bits per heavy atom. The summed E-state index contributed by atoms with van der Waals surface area (Å²) in [6.45, 7) is 7.48. The molecule has 1 amide bonds. The summed E-state index contributed by atoms with van der Waals surface area (Å²) in [4.78, 5) is 17.3. The van der Waals surface area contributed by atoms with E-state index in [9.17, 15) is 13.2 Å². The summed E-state index contributed by atoms with van der Waals surface area (Å²) in [6, 6.07) is 22.1. The number of carbonyl (C=O) groups is 1. The van der Waals surface area contributed by atoms with Crippen molar-refractivity contribution in [2.45, 2.75) is 25.3 Å². The van der Waals surface area contributed by atoms with Crippen LogP contribution in [0.25, 0.3) is 0 Å². The van der Waals surface area contributed by atoms with Crippen LogP contribution >= 0.6 is 0 Å². The number of amides is 1. The van der Waals surface area contributed by atoms with E-state index < -0.39 is 10.0 Å². The molecular formula is C26H29N3O3S. The van der Waals surface area contributed by atoms with E-state index in [1.165, 1.54) is 17.7 Å². The number of rotatable bonds is 6. The van der Waals surface area contributed by atoms with E-state index in [0.717, 1.165) is 30.8 Å². The smallest absolute Gasteiger partial charge is 0.261 e. The molecule has 7 heteroatoms. The number of hydrogen-bond acceptors (Lipinski definition) is 4. The molecule has 1 aliphatic rings. The average Bonchev–Trinajstić information content (AvgIpc) is 2.82. The molecule has 1 aliphatic heterocycles. The Hall–Kier alpha value is -3.16. The third-order valence-corrected chi connectivity index (χ3v) is 7.29. The number of carbonyl (C=O) groups excluding carboxylic acids is 1. The van der Waals surface area contributed by atoms with Crippen LogP contribution in [0.1, 0.15) is 27.0 Å². The molecule has 33 heavy (non-hydrogen) atoms. The summed E-state index contributed by atoms with van der Waals surface area (Å²) < 4.78 is 28.6. The first kappa shape index (κ1) is 23.0. The van der Waals surface area contributed by atoms with Crippen LogP contribution in [0.2, 0.25) is 0 Å². The molecular weight excluding hydrogens is 434 g/mol. The number of anilines is 1. The zero-order valence-electron chi connectivity index (χ0n) is 19.0. The lowest BCUT2D eigenvalue weighted by molar-refractivity contribution is 0.0628. The van der Waals surface area contributed by atoms with Crippen LogP contribution in [0.15, 0.2) is 77.7 Å². The van der Waals surface area contributed by atoms with Gasteiger partial charge in [0.1, 0.15) is 0 Å². The van der Waals surface area contributed by atoms with Crippen molar-refractivity contribution in [3.05, 3.63) is 95.1 Å². The largest absolute Gasteiger partial charge is 0.336 e. The van der Waals surface area contributed by atoms with E-state index in [4.69, 9.17) is 0 Å². The molecule has 0 aromatic heterocycles. The summed E-state index contributed by atoms with van der Waals surface area (Å²) in [7, 11) is -3.81. The first-order chi connectivity index (χ1) is 15.8. The number of aryl methyl sites for hydroxylation is 2. The Kier molecular flexibility index (Phi) is 6.81. The van der Waals surface area contributed by atoms with Crippen LogP contribution in [-0.2, 0) is 16.6 Å². The van der Waals surface area contributed by atoms with E-state index >= 15 is 0 Å². The number of nitrogens with one attached hydrogen (secondary N) is 1. The van der Waals surface area contributed by atoms with Crippen LogP contribution in [0.3, 0.4) is 0 Å². The molecule has 3 aromatic carbocycles. The lowest BCUT2D eigenvalue weighted by Crippen LogP contribution is -2.48. The standard InChI is InChI=1S/C26H29N3O3S/c1-20-11-12-25(21(2)17-20)27-33(31,32)24-10-6-9-23(18-24)26(30)29-15-13-28(14-16-29)19-22-7-4-3-5-8-22/h3-12,17-18,27H,13-16,19H2,1-2H3. The summed E-state index contributed by atoms with van der Waals surface area (Å²) in [5, 5.41) is 0. The second kappa shape index (κ2) is 9.77. The van der Waals surface area contributed by atoms with Gasteiger partial charge in [0.15, 0.2) is 0 Å². The minimum atomic E-state index is -3.81. The van der Waals surface area contributed by atoms with Gasteiger partial charge in [-0.05, 0) is 49.2 Å². The topological polar surface area (TPSA) is 69.7 Å². The number of sulfonamides is 1. The number of nitrogens with zero attached hydrogens (tertiary/aromatic N) is 2. The molecule has 1 saturated heterocycles. The van der Waals surface area contributed by atoms with E-state index in [1.807, 2.05) is 44.2 Å². The van der Waals surface area contributed by atoms with Crippen LogP contribution < -0.4 is 4.72 Å². The molecule has 172 valence electrons. The van der Waals surface area contributed by atoms with Gasteiger partial charge < -0.3 is 4.90 Å². The Balaban J connectivity index is 1.42. The molecule has 0 aliphatic carbocycles. The van der Waals surface area contributed by atoms with Crippen molar-refractivity contribution in [3.8, 4) is 0 Å². The van der Waals surface area contributed by atoms with Gasteiger partial charge >= 0.3 is 0 Å². The number of benzene rings is 3. The molecule has 1 heterocycles. The maximum atomic E-state index is 13.1. The Labute approximate surface area is 195 Å². The van der Waals surface area contributed by atoms with E-state index in [0.29, 0.717) is 24.3 Å². The first-order valence-electron chi connectivity index (χ1n) is 11.1. The Bertz CT molecular complexity index is 1230. The fraction of sp³-hybridized carbons (Fsp3) is 0.269. The van der Waals surface area contributed by atoms with Crippen molar-refractivity contribution in [2.24, 2.45) is 0 Å². The molecule has 4 rings (SSSR count). The average molecular weight is 464 g/mol. The van der Waals surface area contributed by atoms with Crippen LogP contribution in [0, 0.1) is 13.8 Å². The normalized spacial score (nSPS) is 14.8. The van der Waals surface area contributed by atoms with Gasteiger partial charge in [-0.15, -0.1) is 0 Å². The molecule has 0 unspecified atom stereocenters. The van der Waals surface area contributed by atoms with Crippen molar-refractivity contribution in [1.82, 2.24) is 9.80 Å². The summed E-state index contributed by atoms with van der Waals surface area (Å²) in [5.41, 5.74) is 4.08. The first-order valence-corrected chi connectivity index (χ1v) is 12.6. The van der Waals surface area contributed by atoms with Crippen molar-refractivity contribution < 1.29 is 13.2 Å². The highest BCUT2D eigenvalue weighted by molar-refractivity contribution is 7.92. The summed E-state index contributed by atoms with van der Waals surface area (Å²) in [6.07, 6.45) is 0. The zero-order chi connectivity index (χ0) is 23.4. The van der Waals surface area contributed by atoms with Crippen molar-refractivity contribution >= 4 is 21.6 Å². The Morgan fingerprint density at radius 1 is 0.879 bits per heavy atom. The molecule has 0 atom stereocenters. The molecule has 0 saturated carbocycles. The molecule has 0 spiro atoms. The number of piperazine rings is 1. The van der Waals surface area contributed by atoms with Gasteiger partial charge in [0.25, 0.3) is 15.9 Å². The highest BCUT2D eigenvalue weighted by Crippen LogP contribution is 2.22. The SMILES string of the molecule is Cc1ccc(NS(=O)(=O)c2cccc(C(=O)N3CCN(Cc4ccccc4)CC3)c2)c(C)c1. The van der Waals surface area contributed by atoms with Gasteiger partial charge in [0.2, 0.25) is 0 Å². The van der Waals surface area contributed by atoms with E-state index in [-0.39, 0.29) is 10.8 Å². The van der Waals surface area contributed by atoms with Crippen molar-refractivity contribution in [3.63, 3.8) is 0 Å². The highest BCUT2D eigenvalue weighted by Gasteiger charge is 2.24. The molecule has 0 bridgehead atoms. The highest BCUT2D eigenvalue weighted by atomic mass is 32.2. The lowest BCUT2D eigenvalue weighted by Gasteiger charge is -2.34. The van der Waals surface area contributed by atoms with E-state index in [1.54, 1.807) is 23.1 Å². The van der Waals surface area contributed by atoms with Gasteiger partial charge in [-0.2, -0.15) is 0 Å². The zero-order valence-corrected chi connectivity index (χ0v) is 19.8. The van der Waals surface area contributed by atoms with Gasteiger partial charge in [-0.1, -0.05) is 54.1 Å². The molecule has 1 N–H and O–H groups in total. The van der Waals surface area contributed by atoms with Crippen LogP contribution in [0.4, 0.5) is 5.69 Å². The van der Waals surface area contributed by atoms with E-state index in [2.05, 4.69) is 21.8 Å². The molecule has 6 nitrogen and oxygen atoms in total. The summed E-state index contributed by atoms with van der Waals surface area (Å²) >= 11 is 0. The lowest BCUT2D eigenvalue weighted by atomic mass is 10.1. The second-order valence-electron chi connectivity index (χ2n) is 8.51. The monoisotopic (exact) mass is 463 g/mol. The maximum Gasteiger partial charge on any atom is 0.261 e. The fourth-order valence-electron chi connectivity index (χ4n) is 4.06. The molecule has 0 radical (unpaired) electrons. The Morgan fingerprint density at radius 2 is 1.61 bits per heavy atom. The molecule has 1 fully saturated rings. The second-order valence-corrected chi connectivity index (χ2v) is 10.2. The van der Waals surface area contributed by atoms with Crippen molar-refractivity contribution in [1.29, 1.82) is 0 Å². The number of hydrogen-bond donors (Lipinski definition) is 1. The quantitative estimate of drug-likeness (QED) is 0.599. The van der Waals surface area contributed by atoms with Gasteiger partial charge in [0, 0.05) is 38.3 Å². The van der Waals surface area contributed by atoms with Gasteiger partial charge in [0.05, 0.1) is 10.6 Å². The minimum Gasteiger partial charge on any atom is -0.336 e. The van der Waals surface area contributed by atoms with Crippen molar-refractivity contribution in [2.75, 3.05) is 30.9 Å². The maximum absolute atomic E-state index is 13.1. The summed E-state index contributed by atoms with van der Waals surface area (Å²) in [5.74, 6) is -0.141. The third-order valence-electron chi connectivity index (χ3n) is 5.93.